The van der Waals surface area contributed by atoms with Crippen molar-refractivity contribution in [2.45, 2.75) is 32.2 Å². The van der Waals surface area contributed by atoms with Gasteiger partial charge in [-0.3, -0.25) is 15.6 Å². The minimum atomic E-state index is 0.00974. The summed E-state index contributed by atoms with van der Waals surface area (Å²) >= 11 is 6.26. The molecule has 2 saturated heterocycles. The van der Waals surface area contributed by atoms with Crippen molar-refractivity contribution in [1.29, 1.82) is 0 Å². The fraction of sp³-hybridized carbons (Fsp3) is 0.500. The lowest BCUT2D eigenvalue weighted by Gasteiger charge is -2.37. The van der Waals surface area contributed by atoms with E-state index in [9.17, 15) is 4.79 Å². The maximum Gasteiger partial charge on any atom is 0.272 e. The first-order valence-electron chi connectivity index (χ1n) is 9.50. The van der Waals surface area contributed by atoms with Crippen LogP contribution < -0.4 is 10.9 Å². The first kappa shape index (κ1) is 17.7. The second-order valence-electron chi connectivity index (χ2n) is 7.38. The Morgan fingerprint density at radius 2 is 2.23 bits per heavy atom. The summed E-state index contributed by atoms with van der Waals surface area (Å²) in [5.74, 6) is 1.12. The minimum Gasteiger partial charge on any atom is -0.337 e. The predicted molar refractivity (Wildman–Crippen MR) is 104 cm³/mol. The number of fused-ring (bicyclic) bond motifs is 1. The van der Waals surface area contributed by atoms with Gasteiger partial charge in [0.25, 0.3) is 5.91 Å². The summed E-state index contributed by atoms with van der Waals surface area (Å²) in [4.78, 5) is 19.6. The number of rotatable bonds is 3. The zero-order valence-electron chi connectivity index (χ0n) is 15.0. The number of nitrogens with one attached hydrogen (secondary N) is 2. The molecule has 3 heterocycles. The Hall–Kier alpha value is -1.69. The SMILES string of the molecule is CCC1CNNC1C1CCCN(C(=O)c2ccc3cccc(Cl)c3n2)C1. The quantitative estimate of drug-likeness (QED) is 0.868. The summed E-state index contributed by atoms with van der Waals surface area (Å²) in [6, 6.07) is 9.85. The first-order valence-corrected chi connectivity index (χ1v) is 9.88. The molecule has 2 N–H and O–H groups in total. The Bertz CT molecular complexity index is 811. The third kappa shape index (κ3) is 3.31. The largest absolute Gasteiger partial charge is 0.337 e. The van der Waals surface area contributed by atoms with E-state index in [1.54, 1.807) is 0 Å². The van der Waals surface area contributed by atoms with E-state index in [1.165, 1.54) is 0 Å². The molecule has 4 rings (SSSR count). The van der Waals surface area contributed by atoms with E-state index in [0.29, 0.717) is 34.1 Å². The van der Waals surface area contributed by atoms with E-state index in [-0.39, 0.29) is 5.91 Å². The van der Waals surface area contributed by atoms with Crippen LogP contribution in [0.5, 0.6) is 0 Å². The van der Waals surface area contributed by atoms with Crippen LogP contribution in [0.3, 0.4) is 0 Å². The topological polar surface area (TPSA) is 57.3 Å². The number of amides is 1. The van der Waals surface area contributed by atoms with E-state index in [2.05, 4.69) is 22.8 Å². The van der Waals surface area contributed by atoms with Crippen LogP contribution in [0.1, 0.15) is 36.7 Å². The van der Waals surface area contributed by atoms with Gasteiger partial charge in [-0.25, -0.2) is 4.98 Å². The highest BCUT2D eigenvalue weighted by Gasteiger charge is 2.36. The lowest BCUT2D eigenvalue weighted by atomic mass is 9.83. The van der Waals surface area contributed by atoms with Crippen molar-refractivity contribution in [2.75, 3.05) is 19.6 Å². The fourth-order valence-electron chi connectivity index (χ4n) is 4.33. The third-order valence-electron chi connectivity index (χ3n) is 5.81. The summed E-state index contributed by atoms with van der Waals surface area (Å²) in [5.41, 5.74) is 7.91. The monoisotopic (exact) mass is 372 g/mol. The van der Waals surface area contributed by atoms with Gasteiger partial charge >= 0.3 is 0 Å². The maximum atomic E-state index is 13.1. The van der Waals surface area contributed by atoms with Crippen molar-refractivity contribution in [3.8, 4) is 0 Å². The number of carbonyl (C=O) groups excluding carboxylic acids is 1. The van der Waals surface area contributed by atoms with Crippen molar-refractivity contribution >= 4 is 28.4 Å². The van der Waals surface area contributed by atoms with Gasteiger partial charge in [0, 0.05) is 31.1 Å². The molecule has 138 valence electrons. The number of hydrogen-bond acceptors (Lipinski definition) is 4. The van der Waals surface area contributed by atoms with E-state index in [4.69, 9.17) is 11.6 Å². The highest BCUT2D eigenvalue weighted by atomic mass is 35.5. The van der Waals surface area contributed by atoms with Crippen LogP contribution >= 0.6 is 11.6 Å². The van der Waals surface area contributed by atoms with Gasteiger partial charge in [-0.05, 0) is 36.8 Å². The molecule has 0 saturated carbocycles. The van der Waals surface area contributed by atoms with E-state index < -0.39 is 0 Å². The van der Waals surface area contributed by atoms with Crippen LogP contribution in [-0.4, -0.2) is 41.5 Å². The molecular formula is C20H25ClN4O. The second-order valence-corrected chi connectivity index (χ2v) is 7.79. The molecule has 3 atom stereocenters. The highest BCUT2D eigenvalue weighted by Crippen LogP contribution is 2.28. The Kier molecular flexibility index (Phi) is 5.11. The van der Waals surface area contributed by atoms with Crippen molar-refractivity contribution in [2.24, 2.45) is 11.8 Å². The summed E-state index contributed by atoms with van der Waals surface area (Å²) in [7, 11) is 0. The van der Waals surface area contributed by atoms with Crippen molar-refractivity contribution in [1.82, 2.24) is 20.7 Å². The number of aromatic nitrogens is 1. The molecule has 0 radical (unpaired) electrons. The molecule has 0 spiro atoms. The zero-order valence-corrected chi connectivity index (χ0v) is 15.8. The molecule has 0 aliphatic carbocycles. The van der Waals surface area contributed by atoms with Crippen molar-refractivity contribution in [3.63, 3.8) is 0 Å². The maximum absolute atomic E-state index is 13.1. The number of halogens is 1. The molecule has 2 aromatic rings. The normalized spacial score (nSPS) is 26.4. The fourth-order valence-corrected chi connectivity index (χ4v) is 4.56. The molecule has 6 heteroatoms. The molecule has 1 aromatic carbocycles. The average molecular weight is 373 g/mol. The van der Waals surface area contributed by atoms with Crippen LogP contribution in [0.25, 0.3) is 10.9 Å². The van der Waals surface area contributed by atoms with E-state index in [1.807, 2.05) is 35.2 Å². The number of piperidine rings is 1. The van der Waals surface area contributed by atoms with Crippen LogP contribution in [-0.2, 0) is 0 Å². The number of hydrazine groups is 1. The number of likely N-dealkylation sites (tertiary alicyclic amines) is 1. The van der Waals surface area contributed by atoms with Gasteiger partial charge in [0.2, 0.25) is 0 Å². The van der Waals surface area contributed by atoms with Crippen LogP contribution in [0, 0.1) is 11.8 Å². The molecule has 2 aliphatic heterocycles. The third-order valence-corrected chi connectivity index (χ3v) is 6.11. The molecular weight excluding hydrogens is 348 g/mol. The van der Waals surface area contributed by atoms with E-state index in [0.717, 1.165) is 44.3 Å². The highest BCUT2D eigenvalue weighted by molar-refractivity contribution is 6.35. The Morgan fingerprint density at radius 1 is 1.35 bits per heavy atom. The predicted octanol–water partition coefficient (Wildman–Crippen LogP) is 3.24. The summed E-state index contributed by atoms with van der Waals surface area (Å²) in [5, 5.41) is 1.54. The molecule has 3 unspecified atom stereocenters. The lowest BCUT2D eigenvalue weighted by molar-refractivity contribution is 0.0629. The summed E-state index contributed by atoms with van der Waals surface area (Å²) < 4.78 is 0. The van der Waals surface area contributed by atoms with Crippen molar-refractivity contribution < 1.29 is 4.79 Å². The van der Waals surface area contributed by atoms with Crippen molar-refractivity contribution in [3.05, 3.63) is 41.0 Å². The Morgan fingerprint density at radius 3 is 3.08 bits per heavy atom. The van der Waals surface area contributed by atoms with Crippen LogP contribution in [0.2, 0.25) is 5.02 Å². The molecule has 5 nitrogen and oxygen atoms in total. The first-order chi connectivity index (χ1) is 12.7. The molecule has 2 aliphatic rings. The van der Waals surface area contributed by atoms with Gasteiger partial charge in [0.1, 0.15) is 5.69 Å². The van der Waals surface area contributed by atoms with Gasteiger partial charge in [0.15, 0.2) is 0 Å². The number of nitrogens with zero attached hydrogens (tertiary/aromatic N) is 2. The average Bonchev–Trinajstić information content (AvgIpc) is 3.16. The lowest BCUT2D eigenvalue weighted by Crippen LogP contribution is -2.48. The molecule has 2 fully saturated rings. The van der Waals surface area contributed by atoms with Crippen LogP contribution in [0.4, 0.5) is 0 Å². The number of hydrogen-bond donors (Lipinski definition) is 2. The minimum absolute atomic E-state index is 0.00974. The Balaban J connectivity index is 1.53. The van der Waals surface area contributed by atoms with Gasteiger partial charge in [-0.2, -0.15) is 0 Å². The molecule has 1 aromatic heterocycles. The summed E-state index contributed by atoms with van der Waals surface area (Å²) in [6.07, 6.45) is 3.36. The zero-order chi connectivity index (χ0) is 18.1. The molecule has 0 bridgehead atoms. The van der Waals surface area contributed by atoms with Gasteiger partial charge in [-0.1, -0.05) is 43.1 Å². The number of pyridine rings is 1. The number of carbonyl (C=O) groups is 1. The van der Waals surface area contributed by atoms with Gasteiger partial charge in [0.05, 0.1) is 10.5 Å². The second kappa shape index (κ2) is 7.51. The van der Waals surface area contributed by atoms with Gasteiger partial charge < -0.3 is 4.90 Å². The van der Waals surface area contributed by atoms with E-state index >= 15 is 0 Å². The van der Waals surface area contributed by atoms with Gasteiger partial charge in [-0.15, -0.1) is 0 Å². The summed E-state index contributed by atoms with van der Waals surface area (Å²) in [6.45, 7) is 4.84. The number of benzene rings is 1. The molecule has 26 heavy (non-hydrogen) atoms. The smallest absolute Gasteiger partial charge is 0.272 e. The number of para-hydroxylation sites is 1. The molecule has 1 amide bonds. The van der Waals surface area contributed by atoms with Crippen LogP contribution in [0.15, 0.2) is 30.3 Å². The Labute approximate surface area is 159 Å². The standard InChI is InChI=1S/C20H25ClN4O/c1-2-13-11-22-24-18(13)15-6-4-10-25(12-15)20(26)17-9-8-14-5-3-7-16(21)19(14)23-17/h3,5,7-9,13,15,18,22,24H,2,4,6,10-12H2,1H3.